The topological polar surface area (TPSA) is 79.4 Å². The SMILES string of the molecule is O=C(NCc1ccncc1)c1ccc(Cl)c(S(=O)(=O)N2CCCC2)c1. The maximum Gasteiger partial charge on any atom is 0.251 e. The number of sulfonamides is 1. The maximum atomic E-state index is 12.7. The zero-order valence-corrected chi connectivity index (χ0v) is 15.1. The molecule has 1 amide bonds. The molecule has 1 N–H and O–H groups in total. The fourth-order valence-electron chi connectivity index (χ4n) is 2.69. The van der Waals surface area contributed by atoms with Crippen LogP contribution in [-0.4, -0.2) is 36.7 Å². The fraction of sp³-hybridized carbons (Fsp3) is 0.294. The van der Waals surface area contributed by atoms with Crippen molar-refractivity contribution in [1.82, 2.24) is 14.6 Å². The molecule has 1 aromatic heterocycles. The number of rotatable bonds is 5. The minimum atomic E-state index is -3.68. The van der Waals surface area contributed by atoms with Crippen molar-refractivity contribution >= 4 is 27.5 Å². The third-order valence-electron chi connectivity index (χ3n) is 4.08. The Morgan fingerprint density at radius 2 is 1.84 bits per heavy atom. The Balaban J connectivity index is 1.80. The minimum Gasteiger partial charge on any atom is -0.348 e. The second kappa shape index (κ2) is 7.51. The number of carbonyl (C=O) groups is 1. The van der Waals surface area contributed by atoms with E-state index in [0.29, 0.717) is 19.6 Å². The van der Waals surface area contributed by atoms with E-state index in [0.717, 1.165) is 18.4 Å². The largest absolute Gasteiger partial charge is 0.348 e. The predicted octanol–water partition coefficient (Wildman–Crippen LogP) is 2.45. The van der Waals surface area contributed by atoms with Crippen LogP contribution in [0.4, 0.5) is 0 Å². The monoisotopic (exact) mass is 379 g/mol. The van der Waals surface area contributed by atoms with E-state index in [2.05, 4.69) is 10.3 Å². The van der Waals surface area contributed by atoms with Crippen LogP contribution < -0.4 is 5.32 Å². The Labute approximate surface area is 151 Å². The Morgan fingerprint density at radius 1 is 1.16 bits per heavy atom. The van der Waals surface area contributed by atoms with Crippen LogP contribution in [0, 0.1) is 0 Å². The molecule has 0 unspecified atom stereocenters. The van der Waals surface area contributed by atoms with Gasteiger partial charge in [-0.1, -0.05) is 11.6 Å². The number of nitrogens with one attached hydrogen (secondary N) is 1. The summed E-state index contributed by atoms with van der Waals surface area (Å²) >= 11 is 6.09. The molecule has 1 saturated heterocycles. The van der Waals surface area contributed by atoms with Gasteiger partial charge in [0.1, 0.15) is 4.90 Å². The van der Waals surface area contributed by atoms with E-state index >= 15 is 0 Å². The number of hydrogen-bond acceptors (Lipinski definition) is 4. The molecule has 6 nitrogen and oxygen atoms in total. The molecule has 0 radical (unpaired) electrons. The molecular formula is C17H18ClN3O3S. The highest BCUT2D eigenvalue weighted by molar-refractivity contribution is 7.89. The van der Waals surface area contributed by atoms with Crippen molar-refractivity contribution < 1.29 is 13.2 Å². The van der Waals surface area contributed by atoms with Gasteiger partial charge >= 0.3 is 0 Å². The molecule has 0 saturated carbocycles. The van der Waals surface area contributed by atoms with E-state index < -0.39 is 10.0 Å². The summed E-state index contributed by atoms with van der Waals surface area (Å²) in [4.78, 5) is 16.2. The third kappa shape index (κ3) is 4.00. The van der Waals surface area contributed by atoms with Gasteiger partial charge in [0.25, 0.3) is 5.91 Å². The number of carbonyl (C=O) groups excluding carboxylic acids is 1. The number of hydrogen-bond donors (Lipinski definition) is 1. The first kappa shape index (κ1) is 17.8. The predicted molar refractivity (Wildman–Crippen MR) is 94.9 cm³/mol. The summed E-state index contributed by atoms with van der Waals surface area (Å²) in [5.74, 6) is -0.355. The van der Waals surface area contributed by atoms with Crippen molar-refractivity contribution in [3.63, 3.8) is 0 Å². The van der Waals surface area contributed by atoms with Gasteiger partial charge in [0.2, 0.25) is 10.0 Å². The number of aromatic nitrogens is 1. The molecule has 1 aromatic carbocycles. The van der Waals surface area contributed by atoms with E-state index in [-0.39, 0.29) is 21.4 Å². The molecule has 2 aromatic rings. The lowest BCUT2D eigenvalue weighted by Gasteiger charge is -2.17. The van der Waals surface area contributed by atoms with Crippen molar-refractivity contribution in [2.24, 2.45) is 0 Å². The van der Waals surface area contributed by atoms with Crippen LogP contribution in [0.2, 0.25) is 5.02 Å². The molecule has 25 heavy (non-hydrogen) atoms. The summed E-state index contributed by atoms with van der Waals surface area (Å²) < 4.78 is 26.8. The van der Waals surface area contributed by atoms with Crippen LogP contribution in [0.3, 0.4) is 0 Å². The molecular weight excluding hydrogens is 362 g/mol. The first-order valence-corrected chi connectivity index (χ1v) is 9.77. The molecule has 3 rings (SSSR count). The molecule has 132 valence electrons. The fourth-order valence-corrected chi connectivity index (χ4v) is 4.71. The van der Waals surface area contributed by atoms with Gasteiger partial charge in [-0.2, -0.15) is 4.31 Å². The Kier molecular flexibility index (Phi) is 5.36. The van der Waals surface area contributed by atoms with Crippen LogP contribution in [0.1, 0.15) is 28.8 Å². The highest BCUT2D eigenvalue weighted by Crippen LogP contribution is 2.28. The average Bonchev–Trinajstić information content (AvgIpc) is 3.16. The standard InChI is InChI=1S/C17H18ClN3O3S/c18-15-4-3-14(17(22)20-12-13-5-7-19-8-6-13)11-16(15)25(23,24)21-9-1-2-10-21/h3-8,11H,1-2,9-10,12H2,(H,20,22). The molecule has 0 atom stereocenters. The van der Waals surface area contributed by atoms with Crippen LogP contribution in [0.15, 0.2) is 47.6 Å². The summed E-state index contributed by atoms with van der Waals surface area (Å²) in [7, 11) is -3.68. The average molecular weight is 380 g/mol. The summed E-state index contributed by atoms with van der Waals surface area (Å²) in [6, 6.07) is 7.91. The Morgan fingerprint density at radius 3 is 2.52 bits per heavy atom. The molecule has 0 bridgehead atoms. The van der Waals surface area contributed by atoms with Crippen molar-refractivity contribution in [3.8, 4) is 0 Å². The van der Waals surface area contributed by atoms with Crippen LogP contribution in [-0.2, 0) is 16.6 Å². The molecule has 2 heterocycles. The molecule has 1 fully saturated rings. The normalized spacial score (nSPS) is 15.2. The number of pyridine rings is 1. The van der Waals surface area contributed by atoms with Crippen LogP contribution in [0.25, 0.3) is 0 Å². The van der Waals surface area contributed by atoms with Gasteiger partial charge in [-0.25, -0.2) is 8.42 Å². The van der Waals surface area contributed by atoms with Gasteiger partial charge in [0, 0.05) is 37.6 Å². The van der Waals surface area contributed by atoms with Crippen molar-refractivity contribution in [1.29, 1.82) is 0 Å². The zero-order chi connectivity index (χ0) is 17.9. The molecule has 0 aliphatic carbocycles. The van der Waals surface area contributed by atoms with E-state index in [1.165, 1.54) is 22.5 Å². The first-order valence-electron chi connectivity index (χ1n) is 7.95. The van der Waals surface area contributed by atoms with Crippen molar-refractivity contribution in [2.45, 2.75) is 24.3 Å². The van der Waals surface area contributed by atoms with Gasteiger partial charge in [-0.05, 0) is 48.7 Å². The van der Waals surface area contributed by atoms with Crippen LogP contribution >= 0.6 is 11.6 Å². The summed E-state index contributed by atoms with van der Waals surface area (Å²) in [6.45, 7) is 1.30. The quantitative estimate of drug-likeness (QED) is 0.865. The summed E-state index contributed by atoms with van der Waals surface area (Å²) in [5, 5.41) is 2.89. The molecule has 0 spiro atoms. The number of benzene rings is 1. The first-order chi connectivity index (χ1) is 12.0. The molecule has 8 heteroatoms. The zero-order valence-electron chi connectivity index (χ0n) is 13.5. The van der Waals surface area contributed by atoms with E-state index in [4.69, 9.17) is 11.6 Å². The number of nitrogens with zero attached hydrogens (tertiary/aromatic N) is 2. The molecule has 1 aliphatic rings. The summed E-state index contributed by atoms with van der Waals surface area (Å²) in [6.07, 6.45) is 4.96. The maximum absolute atomic E-state index is 12.7. The van der Waals surface area contributed by atoms with Crippen molar-refractivity contribution in [2.75, 3.05) is 13.1 Å². The van der Waals surface area contributed by atoms with Gasteiger partial charge in [0.15, 0.2) is 0 Å². The Bertz CT molecular complexity index is 866. The van der Waals surface area contributed by atoms with Gasteiger partial charge in [-0.15, -0.1) is 0 Å². The molecule has 1 aliphatic heterocycles. The summed E-state index contributed by atoms with van der Waals surface area (Å²) in [5.41, 5.74) is 1.17. The number of halogens is 1. The van der Waals surface area contributed by atoms with E-state index in [9.17, 15) is 13.2 Å². The highest BCUT2D eigenvalue weighted by Gasteiger charge is 2.29. The number of amides is 1. The van der Waals surface area contributed by atoms with Crippen LogP contribution in [0.5, 0.6) is 0 Å². The van der Waals surface area contributed by atoms with Gasteiger partial charge < -0.3 is 5.32 Å². The van der Waals surface area contributed by atoms with Gasteiger partial charge in [-0.3, -0.25) is 9.78 Å². The lowest BCUT2D eigenvalue weighted by molar-refractivity contribution is 0.0950. The van der Waals surface area contributed by atoms with Gasteiger partial charge in [0.05, 0.1) is 5.02 Å². The second-order valence-corrected chi connectivity index (χ2v) is 8.11. The smallest absolute Gasteiger partial charge is 0.251 e. The lowest BCUT2D eigenvalue weighted by Crippen LogP contribution is -2.29. The lowest BCUT2D eigenvalue weighted by atomic mass is 10.2. The van der Waals surface area contributed by atoms with E-state index in [1.807, 2.05) is 0 Å². The highest BCUT2D eigenvalue weighted by atomic mass is 35.5. The minimum absolute atomic E-state index is 0.0207. The Hall–Kier alpha value is -1.96. The van der Waals surface area contributed by atoms with E-state index in [1.54, 1.807) is 24.5 Å². The van der Waals surface area contributed by atoms with Crippen molar-refractivity contribution in [3.05, 3.63) is 58.9 Å². The third-order valence-corrected chi connectivity index (χ3v) is 6.46. The second-order valence-electron chi connectivity index (χ2n) is 5.79.